The number of hydrogen-bond acceptors (Lipinski definition) is 4. The Kier molecular flexibility index (Phi) is 4.85. The van der Waals surface area contributed by atoms with Gasteiger partial charge in [0.15, 0.2) is 5.65 Å². The molecule has 2 aromatic heterocycles. The number of carbonyl (C=O) groups is 1. The number of carbonyl (C=O) groups excluding carboxylic acids is 1. The van der Waals surface area contributed by atoms with Crippen LogP contribution in [-0.2, 0) is 24.9 Å². The van der Waals surface area contributed by atoms with Crippen molar-refractivity contribution in [2.24, 2.45) is 7.05 Å². The number of amides is 1. The van der Waals surface area contributed by atoms with E-state index >= 15 is 0 Å². The fraction of sp³-hybridized carbons (Fsp3) is 0.294. The van der Waals surface area contributed by atoms with Crippen molar-refractivity contribution in [3.8, 4) is 0 Å². The second kappa shape index (κ2) is 7.06. The molecule has 3 aromatic rings. The van der Waals surface area contributed by atoms with E-state index in [1.807, 2.05) is 18.2 Å². The molecule has 1 amide bonds. The first-order chi connectivity index (χ1) is 12.0. The van der Waals surface area contributed by atoms with E-state index in [1.165, 1.54) is 17.1 Å². The molecule has 0 N–H and O–H groups in total. The van der Waals surface area contributed by atoms with Gasteiger partial charge in [-0.3, -0.25) is 18.8 Å². The first kappa shape index (κ1) is 17.2. The molecule has 0 aliphatic rings. The third-order valence-electron chi connectivity index (χ3n) is 4.08. The van der Waals surface area contributed by atoms with Crippen LogP contribution in [0.5, 0.6) is 0 Å². The monoisotopic (exact) mass is 359 g/mol. The molecule has 25 heavy (non-hydrogen) atoms. The van der Waals surface area contributed by atoms with Crippen molar-refractivity contribution in [3.05, 3.63) is 57.7 Å². The summed E-state index contributed by atoms with van der Waals surface area (Å²) in [5, 5.41) is 5.10. The molecule has 0 saturated carbocycles. The van der Waals surface area contributed by atoms with Crippen molar-refractivity contribution < 1.29 is 4.79 Å². The Bertz CT molecular complexity index is 979. The van der Waals surface area contributed by atoms with Crippen molar-refractivity contribution >= 4 is 28.5 Å². The van der Waals surface area contributed by atoms with Crippen LogP contribution in [0, 0.1) is 0 Å². The number of benzene rings is 1. The summed E-state index contributed by atoms with van der Waals surface area (Å²) in [6, 6.07) is 7.41. The molecule has 0 spiro atoms. The third kappa shape index (κ3) is 3.56. The van der Waals surface area contributed by atoms with Gasteiger partial charge in [-0.2, -0.15) is 5.10 Å². The van der Waals surface area contributed by atoms with E-state index in [4.69, 9.17) is 11.6 Å². The van der Waals surface area contributed by atoms with E-state index in [-0.39, 0.29) is 24.4 Å². The molecule has 7 nitrogen and oxygen atoms in total. The van der Waals surface area contributed by atoms with Gasteiger partial charge in [-0.05, 0) is 11.6 Å². The molecule has 1 aromatic carbocycles. The average Bonchev–Trinajstić information content (AvgIpc) is 2.98. The minimum absolute atomic E-state index is 0.0712. The van der Waals surface area contributed by atoms with Gasteiger partial charge in [0.2, 0.25) is 5.91 Å². The molecule has 0 radical (unpaired) electrons. The Morgan fingerprint density at radius 1 is 1.32 bits per heavy atom. The SMILES string of the molecule is CN(Cc1ccccc1Cl)C(=O)CCn1cnc2c(cnn2C)c1=O. The van der Waals surface area contributed by atoms with E-state index in [0.717, 1.165) is 5.56 Å². The summed E-state index contributed by atoms with van der Waals surface area (Å²) in [6.07, 6.45) is 3.15. The summed E-state index contributed by atoms with van der Waals surface area (Å²) in [7, 11) is 3.45. The number of aromatic nitrogens is 4. The van der Waals surface area contributed by atoms with E-state index in [2.05, 4.69) is 10.1 Å². The van der Waals surface area contributed by atoms with Crippen LogP contribution in [0.1, 0.15) is 12.0 Å². The van der Waals surface area contributed by atoms with Crippen molar-refractivity contribution in [1.82, 2.24) is 24.2 Å². The minimum Gasteiger partial charge on any atom is -0.341 e. The fourth-order valence-electron chi connectivity index (χ4n) is 2.60. The lowest BCUT2D eigenvalue weighted by Crippen LogP contribution is -2.29. The number of fused-ring (bicyclic) bond motifs is 1. The van der Waals surface area contributed by atoms with Gasteiger partial charge in [0, 0.05) is 38.6 Å². The molecular formula is C17H18ClN5O2. The molecular weight excluding hydrogens is 342 g/mol. The van der Waals surface area contributed by atoms with Crippen LogP contribution in [0.3, 0.4) is 0 Å². The Labute approximate surface area is 149 Å². The summed E-state index contributed by atoms with van der Waals surface area (Å²) >= 11 is 6.12. The van der Waals surface area contributed by atoms with Gasteiger partial charge in [0.1, 0.15) is 5.39 Å². The first-order valence-corrected chi connectivity index (χ1v) is 8.19. The maximum atomic E-state index is 12.4. The highest BCUT2D eigenvalue weighted by molar-refractivity contribution is 6.31. The quantitative estimate of drug-likeness (QED) is 0.696. The van der Waals surface area contributed by atoms with Crippen molar-refractivity contribution in [3.63, 3.8) is 0 Å². The van der Waals surface area contributed by atoms with Crippen LogP contribution in [0.4, 0.5) is 0 Å². The first-order valence-electron chi connectivity index (χ1n) is 7.82. The highest BCUT2D eigenvalue weighted by Gasteiger charge is 2.13. The van der Waals surface area contributed by atoms with Gasteiger partial charge in [0.25, 0.3) is 5.56 Å². The molecule has 0 fully saturated rings. The summed E-state index contributed by atoms with van der Waals surface area (Å²) in [6.45, 7) is 0.690. The Morgan fingerprint density at radius 3 is 2.84 bits per heavy atom. The number of nitrogens with zero attached hydrogens (tertiary/aromatic N) is 5. The maximum absolute atomic E-state index is 12.4. The van der Waals surface area contributed by atoms with Gasteiger partial charge in [-0.25, -0.2) is 4.98 Å². The predicted molar refractivity (Wildman–Crippen MR) is 95.3 cm³/mol. The fourth-order valence-corrected chi connectivity index (χ4v) is 2.80. The molecule has 3 rings (SSSR count). The van der Waals surface area contributed by atoms with Crippen LogP contribution in [-0.4, -0.2) is 37.2 Å². The van der Waals surface area contributed by atoms with E-state index < -0.39 is 0 Å². The molecule has 0 aliphatic heterocycles. The molecule has 0 aliphatic carbocycles. The Hall–Kier alpha value is -2.67. The standard InChI is InChI=1S/C17H18ClN5O2/c1-21(10-12-5-3-4-6-14(12)18)15(24)7-8-23-11-19-16-13(17(23)25)9-20-22(16)2/h3-6,9,11H,7-8,10H2,1-2H3. The van der Waals surface area contributed by atoms with Gasteiger partial charge in [-0.1, -0.05) is 29.8 Å². The minimum atomic E-state index is -0.195. The maximum Gasteiger partial charge on any atom is 0.264 e. The van der Waals surface area contributed by atoms with Crippen LogP contribution in [0.2, 0.25) is 5.02 Å². The molecule has 0 saturated heterocycles. The number of halogens is 1. The van der Waals surface area contributed by atoms with E-state index in [1.54, 1.807) is 29.7 Å². The van der Waals surface area contributed by atoms with Gasteiger partial charge in [0.05, 0.1) is 12.5 Å². The van der Waals surface area contributed by atoms with E-state index in [9.17, 15) is 9.59 Å². The highest BCUT2D eigenvalue weighted by atomic mass is 35.5. The van der Waals surface area contributed by atoms with Crippen LogP contribution in [0.15, 0.2) is 41.6 Å². The molecule has 0 unspecified atom stereocenters. The topological polar surface area (TPSA) is 73.0 Å². The lowest BCUT2D eigenvalue weighted by atomic mass is 10.2. The number of hydrogen-bond donors (Lipinski definition) is 0. The second-order valence-corrected chi connectivity index (χ2v) is 6.25. The average molecular weight is 360 g/mol. The zero-order valence-electron chi connectivity index (χ0n) is 14.0. The lowest BCUT2D eigenvalue weighted by Gasteiger charge is -2.18. The Morgan fingerprint density at radius 2 is 2.08 bits per heavy atom. The normalized spacial score (nSPS) is 11.0. The van der Waals surface area contributed by atoms with Crippen LogP contribution >= 0.6 is 11.6 Å². The molecule has 2 heterocycles. The number of rotatable bonds is 5. The summed E-state index contributed by atoms with van der Waals surface area (Å²) in [4.78, 5) is 30.6. The molecule has 0 bridgehead atoms. The van der Waals surface area contributed by atoms with Crippen LogP contribution in [0.25, 0.3) is 11.0 Å². The van der Waals surface area contributed by atoms with Crippen molar-refractivity contribution in [2.75, 3.05) is 7.05 Å². The third-order valence-corrected chi connectivity index (χ3v) is 4.44. The zero-order valence-corrected chi connectivity index (χ0v) is 14.8. The molecule has 8 heteroatoms. The van der Waals surface area contributed by atoms with Gasteiger partial charge < -0.3 is 4.90 Å². The van der Waals surface area contributed by atoms with Crippen molar-refractivity contribution in [1.29, 1.82) is 0 Å². The predicted octanol–water partition coefficient (Wildman–Crippen LogP) is 1.83. The smallest absolute Gasteiger partial charge is 0.264 e. The van der Waals surface area contributed by atoms with Gasteiger partial charge in [-0.15, -0.1) is 0 Å². The second-order valence-electron chi connectivity index (χ2n) is 5.84. The van der Waals surface area contributed by atoms with Crippen molar-refractivity contribution in [2.45, 2.75) is 19.5 Å². The molecule has 130 valence electrons. The lowest BCUT2D eigenvalue weighted by molar-refractivity contribution is -0.130. The summed E-state index contributed by atoms with van der Waals surface area (Å²) in [5.74, 6) is -0.0712. The molecule has 0 atom stereocenters. The Balaban J connectivity index is 1.67. The summed E-state index contributed by atoms with van der Waals surface area (Å²) < 4.78 is 2.98. The highest BCUT2D eigenvalue weighted by Crippen LogP contribution is 2.16. The zero-order chi connectivity index (χ0) is 18.0. The summed E-state index contributed by atoms with van der Waals surface area (Å²) in [5.41, 5.74) is 1.22. The van der Waals surface area contributed by atoms with Crippen LogP contribution < -0.4 is 5.56 Å². The number of aryl methyl sites for hydroxylation is 2. The van der Waals surface area contributed by atoms with E-state index in [0.29, 0.717) is 22.6 Å². The van der Waals surface area contributed by atoms with Gasteiger partial charge >= 0.3 is 0 Å². The largest absolute Gasteiger partial charge is 0.341 e.